The average molecular weight is 260 g/mol. The highest BCUT2D eigenvalue weighted by Crippen LogP contribution is 2.24. The van der Waals surface area contributed by atoms with Gasteiger partial charge in [-0.15, -0.1) is 0 Å². The zero-order valence-electron chi connectivity index (χ0n) is 8.49. The number of rotatable bonds is 2. The van der Waals surface area contributed by atoms with Crippen molar-refractivity contribution in [1.82, 2.24) is 4.48 Å². The molecular formula is C10H14BrNO2. The zero-order chi connectivity index (χ0) is 10.1. The first-order valence-corrected chi connectivity index (χ1v) is 4.05. The van der Waals surface area contributed by atoms with Crippen LogP contribution in [-0.4, -0.2) is 32.5 Å². The molecule has 1 aromatic carbocycles. The first-order chi connectivity index (χ1) is 5.95. The van der Waals surface area contributed by atoms with E-state index in [2.05, 4.69) is 0 Å². The van der Waals surface area contributed by atoms with Gasteiger partial charge in [-0.1, -0.05) is 0 Å². The summed E-state index contributed by atoms with van der Waals surface area (Å²) in [5.74, 6) is 0.0422. The fraction of sp³-hybridized carbons (Fsp3) is 0.300. The van der Waals surface area contributed by atoms with Gasteiger partial charge in [0.05, 0.1) is 26.7 Å². The number of nitrogens with zero attached hydrogens (tertiary/aromatic N) is 1. The van der Waals surface area contributed by atoms with E-state index in [1.807, 2.05) is 27.2 Å². The minimum absolute atomic E-state index is 0. The number of quaternary nitrogens is 1. The van der Waals surface area contributed by atoms with Crippen molar-refractivity contribution in [3.63, 3.8) is 0 Å². The van der Waals surface area contributed by atoms with Crippen LogP contribution in [0.15, 0.2) is 18.2 Å². The van der Waals surface area contributed by atoms with Crippen molar-refractivity contribution in [3.8, 4) is 5.75 Å². The van der Waals surface area contributed by atoms with Crippen LogP contribution in [0.5, 0.6) is 5.75 Å². The number of aromatic hydroxyl groups is 1. The summed E-state index contributed by atoms with van der Waals surface area (Å²) in [5.41, 5.74) is 1.29. The van der Waals surface area contributed by atoms with Gasteiger partial charge in [0.15, 0.2) is 6.29 Å². The molecule has 0 spiro atoms. The predicted molar refractivity (Wildman–Crippen MR) is 53.1 cm³/mol. The Morgan fingerprint density at radius 1 is 1.29 bits per heavy atom. The summed E-state index contributed by atoms with van der Waals surface area (Å²) in [6.07, 6.45) is 0.648. The lowest BCUT2D eigenvalue weighted by Gasteiger charge is -2.23. The lowest BCUT2D eigenvalue weighted by atomic mass is 10.2. The molecule has 14 heavy (non-hydrogen) atoms. The summed E-state index contributed by atoms with van der Waals surface area (Å²) in [7, 11) is 5.99. The summed E-state index contributed by atoms with van der Waals surface area (Å²) < 4.78 is 0.618. The van der Waals surface area contributed by atoms with Gasteiger partial charge < -0.3 is 22.1 Å². The number of phenolic OH excluding ortho intramolecular Hbond substituents is 1. The van der Waals surface area contributed by atoms with E-state index in [1.54, 1.807) is 12.1 Å². The summed E-state index contributed by atoms with van der Waals surface area (Å²) in [5, 5.41) is 9.41. The van der Waals surface area contributed by atoms with E-state index in [4.69, 9.17) is 0 Å². The van der Waals surface area contributed by atoms with Gasteiger partial charge in [0.2, 0.25) is 0 Å². The van der Waals surface area contributed by atoms with Crippen molar-refractivity contribution in [1.29, 1.82) is 0 Å². The second-order valence-corrected chi connectivity index (χ2v) is 3.87. The first kappa shape index (κ1) is 13.1. The SMILES string of the molecule is C[N+](C)(C)c1ccc(C=O)c(O)c1.[Br-]. The Hall–Kier alpha value is -0.870. The molecule has 0 saturated heterocycles. The Bertz CT molecular complexity index is 331. The third-order valence-electron chi connectivity index (χ3n) is 1.92. The van der Waals surface area contributed by atoms with Crippen molar-refractivity contribution >= 4 is 12.0 Å². The molecule has 0 aliphatic heterocycles. The van der Waals surface area contributed by atoms with E-state index >= 15 is 0 Å². The Morgan fingerprint density at radius 2 is 1.86 bits per heavy atom. The third-order valence-corrected chi connectivity index (χ3v) is 1.92. The summed E-state index contributed by atoms with van der Waals surface area (Å²) in [6, 6.07) is 5.08. The molecule has 0 aliphatic rings. The topological polar surface area (TPSA) is 37.3 Å². The Labute approximate surface area is 94.3 Å². The van der Waals surface area contributed by atoms with Crippen molar-refractivity contribution in [2.75, 3.05) is 21.1 Å². The molecule has 1 aromatic rings. The third kappa shape index (κ3) is 2.82. The van der Waals surface area contributed by atoms with Crippen LogP contribution in [0.2, 0.25) is 0 Å². The molecule has 0 atom stereocenters. The number of phenols is 1. The van der Waals surface area contributed by atoms with E-state index < -0.39 is 0 Å². The van der Waals surface area contributed by atoms with Gasteiger partial charge in [0.25, 0.3) is 0 Å². The molecule has 0 heterocycles. The van der Waals surface area contributed by atoms with E-state index in [0.29, 0.717) is 16.3 Å². The molecule has 0 radical (unpaired) electrons. The van der Waals surface area contributed by atoms with Gasteiger partial charge in [0, 0.05) is 12.1 Å². The first-order valence-electron chi connectivity index (χ1n) is 4.05. The standard InChI is InChI=1S/C10H13NO2.BrH/c1-11(2,3)9-5-4-8(7-12)10(13)6-9;/h4-7H,1-3H3;1H. The van der Waals surface area contributed by atoms with Crippen LogP contribution >= 0.6 is 0 Å². The number of hydrogen-bond donors (Lipinski definition) is 1. The van der Waals surface area contributed by atoms with Gasteiger partial charge in [0.1, 0.15) is 11.4 Å². The summed E-state index contributed by atoms with van der Waals surface area (Å²) in [4.78, 5) is 10.4. The zero-order valence-corrected chi connectivity index (χ0v) is 10.1. The number of benzene rings is 1. The van der Waals surface area contributed by atoms with Crippen molar-refractivity contribution in [2.24, 2.45) is 0 Å². The maximum atomic E-state index is 10.4. The number of carbonyl (C=O) groups excluding carboxylic acids is 1. The van der Waals surface area contributed by atoms with Crippen molar-refractivity contribution in [2.45, 2.75) is 0 Å². The van der Waals surface area contributed by atoms with Gasteiger partial charge in [-0.25, -0.2) is 0 Å². The molecule has 0 amide bonds. The molecule has 0 aromatic heterocycles. The molecule has 0 saturated carbocycles. The second-order valence-electron chi connectivity index (χ2n) is 3.87. The number of halogens is 1. The fourth-order valence-corrected chi connectivity index (χ4v) is 1.05. The van der Waals surface area contributed by atoms with Gasteiger partial charge in [-0.2, -0.15) is 0 Å². The van der Waals surface area contributed by atoms with Crippen molar-refractivity contribution < 1.29 is 26.9 Å². The van der Waals surface area contributed by atoms with Crippen LogP contribution in [0.3, 0.4) is 0 Å². The monoisotopic (exact) mass is 259 g/mol. The van der Waals surface area contributed by atoms with E-state index in [9.17, 15) is 9.90 Å². The Balaban J connectivity index is 0.00000169. The highest BCUT2D eigenvalue weighted by atomic mass is 79.9. The van der Waals surface area contributed by atoms with Crippen LogP contribution in [0.4, 0.5) is 5.69 Å². The molecule has 1 rings (SSSR count). The van der Waals surface area contributed by atoms with Crippen molar-refractivity contribution in [3.05, 3.63) is 23.8 Å². The second kappa shape index (κ2) is 4.57. The molecule has 0 fully saturated rings. The molecule has 0 unspecified atom stereocenters. The molecular weight excluding hydrogens is 246 g/mol. The quantitative estimate of drug-likeness (QED) is 0.514. The van der Waals surface area contributed by atoms with Crippen LogP contribution in [0.25, 0.3) is 0 Å². The normalized spacial score (nSPS) is 10.5. The Kier molecular flexibility index (Phi) is 4.29. The lowest BCUT2D eigenvalue weighted by Crippen LogP contribution is -3.00. The molecule has 4 heteroatoms. The molecule has 78 valence electrons. The highest BCUT2D eigenvalue weighted by Gasteiger charge is 2.13. The van der Waals surface area contributed by atoms with Gasteiger partial charge >= 0.3 is 0 Å². The summed E-state index contributed by atoms with van der Waals surface area (Å²) in [6.45, 7) is 0. The van der Waals surface area contributed by atoms with Gasteiger partial charge in [-0.3, -0.25) is 9.28 Å². The minimum Gasteiger partial charge on any atom is -1.00 e. The Morgan fingerprint density at radius 3 is 2.21 bits per heavy atom. The fourth-order valence-electron chi connectivity index (χ4n) is 1.05. The number of carbonyl (C=O) groups is 1. The number of aldehydes is 1. The summed E-state index contributed by atoms with van der Waals surface area (Å²) >= 11 is 0. The van der Waals surface area contributed by atoms with Crippen LogP contribution < -0.4 is 21.5 Å². The lowest BCUT2D eigenvalue weighted by molar-refractivity contribution is -0.0000106. The number of hydrogen-bond acceptors (Lipinski definition) is 2. The van der Waals surface area contributed by atoms with E-state index in [1.165, 1.54) is 0 Å². The minimum atomic E-state index is 0. The maximum Gasteiger partial charge on any atom is 0.153 e. The van der Waals surface area contributed by atoms with E-state index in [-0.39, 0.29) is 22.7 Å². The van der Waals surface area contributed by atoms with E-state index in [0.717, 1.165) is 5.69 Å². The molecule has 0 bridgehead atoms. The molecule has 3 nitrogen and oxygen atoms in total. The van der Waals surface area contributed by atoms with Gasteiger partial charge in [-0.05, 0) is 6.07 Å². The molecule has 1 N–H and O–H groups in total. The highest BCUT2D eigenvalue weighted by molar-refractivity contribution is 5.80. The van der Waals surface area contributed by atoms with Crippen LogP contribution in [-0.2, 0) is 0 Å². The van der Waals surface area contributed by atoms with Crippen LogP contribution in [0, 0.1) is 0 Å². The van der Waals surface area contributed by atoms with Crippen LogP contribution in [0.1, 0.15) is 10.4 Å². The average Bonchev–Trinajstić information content (AvgIpc) is 2.02. The smallest absolute Gasteiger partial charge is 0.153 e. The predicted octanol–water partition coefficient (Wildman–Crippen LogP) is -1.59. The maximum absolute atomic E-state index is 10.4. The molecule has 0 aliphatic carbocycles. The largest absolute Gasteiger partial charge is 1.00 e.